The van der Waals surface area contributed by atoms with Crippen molar-refractivity contribution >= 4 is 50.5 Å². The normalized spacial score (nSPS) is 10.8. The van der Waals surface area contributed by atoms with Crippen LogP contribution in [0.2, 0.25) is 10.0 Å². The molecular weight excluding hydrogens is 369 g/mol. The maximum Gasteiger partial charge on any atom is 0.139 e. The van der Waals surface area contributed by atoms with Crippen molar-refractivity contribution in [2.75, 3.05) is 0 Å². The summed E-state index contributed by atoms with van der Waals surface area (Å²) in [6.45, 7) is 3.06. The van der Waals surface area contributed by atoms with Gasteiger partial charge in [-0.25, -0.2) is 0 Å². The Balaban J connectivity index is 2.14. The lowest BCUT2D eigenvalue weighted by Gasteiger charge is -2.09. The van der Waals surface area contributed by atoms with E-state index in [1.807, 2.05) is 0 Å². The van der Waals surface area contributed by atoms with Crippen LogP contribution < -0.4 is 10.5 Å². The van der Waals surface area contributed by atoms with Crippen LogP contribution in [-0.4, -0.2) is 0 Å². The van der Waals surface area contributed by atoms with Gasteiger partial charge in [-0.3, -0.25) is 0 Å². The average Bonchev–Trinajstić information content (AvgIpc) is 2.73. The first-order valence-corrected chi connectivity index (χ1v) is 7.93. The zero-order valence-electron chi connectivity index (χ0n) is 10.2. The fraction of sp³-hybridized carbons (Fsp3) is 0.231. The molecule has 19 heavy (non-hydrogen) atoms. The summed E-state index contributed by atoms with van der Waals surface area (Å²) in [5.74, 6) is 0.578. The van der Waals surface area contributed by atoms with Crippen LogP contribution in [0.15, 0.2) is 22.7 Å². The molecule has 0 unspecified atom stereocenters. The van der Waals surface area contributed by atoms with Gasteiger partial charge < -0.3 is 10.5 Å². The maximum atomic E-state index is 6.11. The highest BCUT2D eigenvalue weighted by Crippen LogP contribution is 2.34. The molecule has 2 aromatic rings. The predicted octanol–water partition coefficient (Wildman–Crippen LogP) is 5.16. The molecule has 0 bridgehead atoms. The predicted molar refractivity (Wildman–Crippen MR) is 85.4 cm³/mol. The van der Waals surface area contributed by atoms with Gasteiger partial charge in [-0.1, -0.05) is 23.2 Å². The van der Waals surface area contributed by atoms with Crippen molar-refractivity contribution in [1.29, 1.82) is 0 Å². The first kappa shape index (κ1) is 15.1. The Hall–Kier alpha value is -0.260. The lowest BCUT2D eigenvalue weighted by molar-refractivity contribution is 0.306. The van der Waals surface area contributed by atoms with Crippen LogP contribution in [-0.2, 0) is 13.2 Å². The highest BCUT2D eigenvalue weighted by Gasteiger charge is 2.09. The second-order valence-corrected chi connectivity index (χ2v) is 6.99. The second-order valence-electron chi connectivity index (χ2n) is 3.98. The van der Waals surface area contributed by atoms with Gasteiger partial charge in [-0.05, 0) is 35.0 Å². The summed E-state index contributed by atoms with van der Waals surface area (Å²) in [5.41, 5.74) is 6.75. The van der Waals surface area contributed by atoms with Crippen molar-refractivity contribution in [2.45, 2.75) is 20.1 Å². The van der Waals surface area contributed by atoms with Crippen molar-refractivity contribution in [2.24, 2.45) is 5.73 Å². The number of benzene rings is 1. The lowest BCUT2D eigenvalue weighted by Crippen LogP contribution is -1.97. The molecule has 2 N–H and O–H groups in total. The van der Waals surface area contributed by atoms with E-state index in [1.165, 1.54) is 4.88 Å². The van der Waals surface area contributed by atoms with Gasteiger partial charge in [0.2, 0.25) is 0 Å². The minimum atomic E-state index is 0.458. The van der Waals surface area contributed by atoms with Crippen LogP contribution in [0.25, 0.3) is 0 Å². The number of halogens is 3. The summed E-state index contributed by atoms with van der Waals surface area (Å²) in [5, 5.41) is 1.10. The summed E-state index contributed by atoms with van der Waals surface area (Å²) in [6, 6.07) is 5.50. The standard InChI is InChI=1S/C13H12BrCl2NOS/c1-7-8(2-9(5-17)19-7)6-18-13-4-11(15)10(14)3-12(13)16/h2-4H,5-6,17H2,1H3. The van der Waals surface area contributed by atoms with E-state index < -0.39 is 0 Å². The number of ether oxygens (including phenoxy) is 1. The van der Waals surface area contributed by atoms with Crippen LogP contribution in [0, 0.1) is 6.92 Å². The molecule has 0 spiro atoms. The molecule has 0 aliphatic heterocycles. The summed E-state index contributed by atoms with van der Waals surface area (Å²) in [4.78, 5) is 2.36. The topological polar surface area (TPSA) is 35.2 Å². The molecular formula is C13H12BrCl2NOS. The molecule has 1 heterocycles. The Labute approximate surface area is 134 Å². The largest absolute Gasteiger partial charge is 0.487 e. The molecule has 0 saturated carbocycles. The highest BCUT2D eigenvalue weighted by molar-refractivity contribution is 9.10. The number of nitrogens with two attached hydrogens (primary N) is 1. The maximum absolute atomic E-state index is 6.11. The van der Waals surface area contributed by atoms with E-state index in [-0.39, 0.29) is 0 Å². The van der Waals surface area contributed by atoms with Crippen LogP contribution in [0.4, 0.5) is 0 Å². The molecule has 2 nitrogen and oxygen atoms in total. The number of hydrogen-bond donors (Lipinski definition) is 1. The molecule has 6 heteroatoms. The van der Waals surface area contributed by atoms with Crippen molar-refractivity contribution in [1.82, 2.24) is 0 Å². The Kier molecular flexibility index (Phi) is 5.15. The van der Waals surface area contributed by atoms with Gasteiger partial charge in [0.05, 0.1) is 10.0 Å². The third-order valence-corrected chi connectivity index (χ3v) is 5.24. The zero-order chi connectivity index (χ0) is 14.0. The second kappa shape index (κ2) is 6.46. The molecule has 0 aliphatic rings. The Morgan fingerprint density at radius 1 is 1.26 bits per heavy atom. The summed E-state index contributed by atoms with van der Waals surface area (Å²) in [6.07, 6.45) is 0. The number of hydrogen-bond acceptors (Lipinski definition) is 3. The zero-order valence-corrected chi connectivity index (χ0v) is 14.1. The molecule has 102 valence electrons. The van der Waals surface area contributed by atoms with E-state index in [9.17, 15) is 0 Å². The van der Waals surface area contributed by atoms with Gasteiger partial charge in [-0.2, -0.15) is 0 Å². The first-order chi connectivity index (χ1) is 9.01. The molecule has 0 atom stereocenters. The summed E-state index contributed by atoms with van der Waals surface area (Å²) in [7, 11) is 0. The van der Waals surface area contributed by atoms with E-state index in [1.54, 1.807) is 23.5 Å². The van der Waals surface area contributed by atoms with E-state index in [2.05, 4.69) is 28.9 Å². The minimum absolute atomic E-state index is 0.458. The molecule has 0 aliphatic carbocycles. The number of rotatable bonds is 4. The Bertz CT molecular complexity index is 601. The summed E-state index contributed by atoms with van der Waals surface area (Å²) >= 11 is 17.1. The molecule has 2 rings (SSSR count). The smallest absolute Gasteiger partial charge is 0.139 e. The molecule has 0 fully saturated rings. The van der Waals surface area contributed by atoms with Gasteiger partial charge in [0, 0.05) is 32.4 Å². The fourth-order valence-corrected chi connectivity index (χ4v) is 3.38. The SMILES string of the molecule is Cc1sc(CN)cc1COc1cc(Cl)c(Br)cc1Cl. The minimum Gasteiger partial charge on any atom is -0.487 e. The van der Waals surface area contributed by atoms with Gasteiger partial charge in [-0.15, -0.1) is 11.3 Å². The van der Waals surface area contributed by atoms with E-state index in [0.717, 1.165) is 14.9 Å². The van der Waals surface area contributed by atoms with Crippen molar-refractivity contribution in [3.8, 4) is 5.75 Å². The van der Waals surface area contributed by atoms with Crippen molar-refractivity contribution in [3.63, 3.8) is 0 Å². The van der Waals surface area contributed by atoms with Crippen LogP contribution in [0.3, 0.4) is 0 Å². The molecule has 0 amide bonds. The number of aryl methyl sites for hydroxylation is 1. The van der Waals surface area contributed by atoms with E-state index in [4.69, 9.17) is 33.7 Å². The molecule has 1 aromatic carbocycles. The monoisotopic (exact) mass is 379 g/mol. The first-order valence-electron chi connectivity index (χ1n) is 5.57. The molecule has 0 radical (unpaired) electrons. The lowest BCUT2D eigenvalue weighted by atomic mass is 10.2. The third-order valence-electron chi connectivity index (χ3n) is 2.63. The van der Waals surface area contributed by atoms with Gasteiger partial charge >= 0.3 is 0 Å². The highest BCUT2D eigenvalue weighted by atomic mass is 79.9. The van der Waals surface area contributed by atoms with Crippen molar-refractivity contribution < 1.29 is 4.74 Å². The third kappa shape index (κ3) is 3.64. The van der Waals surface area contributed by atoms with E-state index >= 15 is 0 Å². The van der Waals surface area contributed by atoms with Gasteiger partial charge in [0.15, 0.2) is 0 Å². The molecule has 1 aromatic heterocycles. The van der Waals surface area contributed by atoms with Gasteiger partial charge in [0.25, 0.3) is 0 Å². The quantitative estimate of drug-likeness (QED) is 0.743. The summed E-state index contributed by atoms with van der Waals surface area (Å²) < 4.78 is 6.48. The van der Waals surface area contributed by atoms with Crippen LogP contribution in [0.1, 0.15) is 15.3 Å². The average molecular weight is 381 g/mol. The van der Waals surface area contributed by atoms with Crippen molar-refractivity contribution in [3.05, 3.63) is 48.0 Å². The Morgan fingerprint density at radius 2 is 2.00 bits per heavy atom. The fourth-order valence-electron chi connectivity index (χ4n) is 1.60. The van der Waals surface area contributed by atoms with Crippen LogP contribution >= 0.6 is 50.5 Å². The molecule has 0 saturated heterocycles. The van der Waals surface area contributed by atoms with Gasteiger partial charge in [0.1, 0.15) is 12.4 Å². The van der Waals surface area contributed by atoms with Crippen LogP contribution in [0.5, 0.6) is 5.75 Å². The Morgan fingerprint density at radius 3 is 2.63 bits per heavy atom. The number of thiophene rings is 1. The van der Waals surface area contributed by atoms with E-state index in [0.29, 0.717) is 28.9 Å².